The largest absolute Gasteiger partial charge is 0.328 e. The molecule has 1 amide bonds. The summed E-state index contributed by atoms with van der Waals surface area (Å²) in [7, 11) is 0. The van der Waals surface area contributed by atoms with Crippen LogP contribution in [0.3, 0.4) is 0 Å². The molecule has 2 heterocycles. The van der Waals surface area contributed by atoms with E-state index < -0.39 is 5.82 Å². The van der Waals surface area contributed by atoms with Gasteiger partial charge in [0.05, 0.1) is 11.6 Å². The molecule has 0 N–H and O–H groups in total. The van der Waals surface area contributed by atoms with Gasteiger partial charge < -0.3 is 9.47 Å². The van der Waals surface area contributed by atoms with E-state index in [1.807, 2.05) is 0 Å². The predicted octanol–water partition coefficient (Wildman–Crippen LogP) is 3.19. The Balaban J connectivity index is 1.62. The standard InChI is InChI=1S/C18H21FN4O/c19-15-6-2-1-5-14(15)18(24)23-10-4-3-7-16(23)17-21-20-12-22(17)11-13-8-9-13/h1-2,5-6,12-13,16H,3-4,7-11H2. The minimum atomic E-state index is -0.466. The lowest BCUT2D eigenvalue weighted by molar-refractivity contribution is 0.0589. The van der Waals surface area contributed by atoms with E-state index in [4.69, 9.17) is 0 Å². The lowest BCUT2D eigenvalue weighted by Crippen LogP contribution is -2.40. The van der Waals surface area contributed by atoms with Crippen LogP contribution in [0.1, 0.15) is 54.3 Å². The van der Waals surface area contributed by atoms with E-state index in [0.717, 1.165) is 31.6 Å². The van der Waals surface area contributed by atoms with E-state index in [1.54, 1.807) is 29.4 Å². The molecule has 2 aromatic rings. The molecule has 5 nitrogen and oxygen atoms in total. The van der Waals surface area contributed by atoms with Crippen LogP contribution in [0.25, 0.3) is 0 Å². The summed E-state index contributed by atoms with van der Waals surface area (Å²) in [5.41, 5.74) is 0.137. The van der Waals surface area contributed by atoms with Crippen molar-refractivity contribution in [2.45, 2.75) is 44.7 Å². The third-order valence-electron chi connectivity index (χ3n) is 4.96. The average molecular weight is 328 g/mol. The molecule has 126 valence electrons. The molecule has 4 rings (SSSR count). The van der Waals surface area contributed by atoms with Crippen molar-refractivity contribution in [2.24, 2.45) is 5.92 Å². The molecule has 1 saturated carbocycles. The van der Waals surface area contributed by atoms with Crippen LogP contribution in [0, 0.1) is 11.7 Å². The molecule has 1 aromatic carbocycles. The van der Waals surface area contributed by atoms with Crippen molar-refractivity contribution in [1.82, 2.24) is 19.7 Å². The molecule has 1 saturated heterocycles. The van der Waals surface area contributed by atoms with Crippen LogP contribution >= 0.6 is 0 Å². The van der Waals surface area contributed by atoms with Crippen LogP contribution in [-0.2, 0) is 6.54 Å². The van der Waals surface area contributed by atoms with Crippen molar-refractivity contribution >= 4 is 5.91 Å². The van der Waals surface area contributed by atoms with Crippen molar-refractivity contribution < 1.29 is 9.18 Å². The van der Waals surface area contributed by atoms with E-state index in [-0.39, 0.29) is 17.5 Å². The first-order valence-electron chi connectivity index (χ1n) is 8.67. The first-order chi connectivity index (χ1) is 11.7. The monoisotopic (exact) mass is 328 g/mol. The maximum absolute atomic E-state index is 14.0. The van der Waals surface area contributed by atoms with Crippen molar-refractivity contribution in [3.05, 3.63) is 47.8 Å². The van der Waals surface area contributed by atoms with Crippen molar-refractivity contribution in [2.75, 3.05) is 6.54 Å². The van der Waals surface area contributed by atoms with Crippen molar-refractivity contribution in [1.29, 1.82) is 0 Å². The maximum Gasteiger partial charge on any atom is 0.257 e. The zero-order valence-corrected chi connectivity index (χ0v) is 13.6. The highest BCUT2D eigenvalue weighted by atomic mass is 19.1. The highest BCUT2D eigenvalue weighted by molar-refractivity contribution is 5.94. The molecule has 1 aromatic heterocycles. The van der Waals surface area contributed by atoms with Crippen molar-refractivity contribution in [3.63, 3.8) is 0 Å². The summed E-state index contributed by atoms with van der Waals surface area (Å²) in [6.07, 6.45) is 7.09. The number of hydrogen-bond acceptors (Lipinski definition) is 3. The van der Waals surface area contributed by atoms with Gasteiger partial charge in [-0.3, -0.25) is 4.79 Å². The van der Waals surface area contributed by atoms with E-state index >= 15 is 0 Å². The van der Waals surface area contributed by atoms with Gasteiger partial charge in [-0.15, -0.1) is 10.2 Å². The van der Waals surface area contributed by atoms with Gasteiger partial charge >= 0.3 is 0 Å². The maximum atomic E-state index is 14.0. The number of hydrogen-bond donors (Lipinski definition) is 0. The van der Waals surface area contributed by atoms with Gasteiger partial charge in [0.15, 0.2) is 5.82 Å². The number of piperidine rings is 1. The SMILES string of the molecule is O=C(c1ccccc1F)N1CCCCC1c1nncn1CC1CC1. The fourth-order valence-corrected chi connectivity index (χ4v) is 3.47. The van der Waals surface area contributed by atoms with Gasteiger partial charge in [-0.25, -0.2) is 4.39 Å². The number of likely N-dealkylation sites (tertiary alicyclic amines) is 1. The minimum absolute atomic E-state index is 0.118. The molecule has 2 aliphatic rings. The Kier molecular flexibility index (Phi) is 4.04. The normalized spacial score (nSPS) is 21.0. The first kappa shape index (κ1) is 15.3. The molecular formula is C18H21FN4O. The summed E-state index contributed by atoms with van der Waals surface area (Å²) in [6, 6.07) is 6.07. The zero-order valence-electron chi connectivity index (χ0n) is 13.6. The Morgan fingerprint density at radius 3 is 2.83 bits per heavy atom. The lowest BCUT2D eigenvalue weighted by atomic mass is 9.99. The van der Waals surface area contributed by atoms with E-state index in [0.29, 0.717) is 12.5 Å². The van der Waals surface area contributed by atoms with E-state index in [2.05, 4.69) is 14.8 Å². The van der Waals surface area contributed by atoms with Gasteiger partial charge in [0.1, 0.15) is 12.1 Å². The van der Waals surface area contributed by atoms with Crippen LogP contribution in [-0.4, -0.2) is 32.1 Å². The zero-order chi connectivity index (χ0) is 16.5. The molecule has 0 radical (unpaired) electrons. The summed E-state index contributed by atoms with van der Waals surface area (Å²) in [5, 5.41) is 8.36. The van der Waals surface area contributed by atoms with E-state index in [1.165, 1.54) is 18.9 Å². The van der Waals surface area contributed by atoms with Gasteiger partial charge in [-0.2, -0.15) is 0 Å². The van der Waals surface area contributed by atoms with E-state index in [9.17, 15) is 9.18 Å². The molecule has 1 atom stereocenters. The number of benzene rings is 1. The third-order valence-corrected chi connectivity index (χ3v) is 4.96. The third kappa shape index (κ3) is 2.92. The predicted molar refractivity (Wildman–Crippen MR) is 86.8 cm³/mol. The number of amides is 1. The molecule has 0 spiro atoms. The summed E-state index contributed by atoms with van der Waals surface area (Å²) in [6.45, 7) is 1.55. The number of carbonyl (C=O) groups excluding carboxylic acids is 1. The van der Waals surface area contributed by atoms with Crippen LogP contribution in [0.15, 0.2) is 30.6 Å². The van der Waals surface area contributed by atoms with Gasteiger partial charge in [0, 0.05) is 13.1 Å². The summed E-state index contributed by atoms with van der Waals surface area (Å²) >= 11 is 0. The number of rotatable bonds is 4. The van der Waals surface area contributed by atoms with Gasteiger partial charge in [0.25, 0.3) is 5.91 Å². The fourth-order valence-electron chi connectivity index (χ4n) is 3.47. The molecular weight excluding hydrogens is 307 g/mol. The van der Waals surface area contributed by atoms with Crippen LogP contribution in [0.5, 0.6) is 0 Å². The molecule has 6 heteroatoms. The molecule has 24 heavy (non-hydrogen) atoms. The second-order valence-corrected chi connectivity index (χ2v) is 6.77. The number of halogens is 1. The first-order valence-corrected chi connectivity index (χ1v) is 8.67. The van der Waals surface area contributed by atoms with Crippen LogP contribution in [0.2, 0.25) is 0 Å². The van der Waals surface area contributed by atoms with Gasteiger partial charge in [-0.1, -0.05) is 12.1 Å². The highest BCUT2D eigenvalue weighted by Crippen LogP contribution is 2.34. The minimum Gasteiger partial charge on any atom is -0.328 e. The second-order valence-electron chi connectivity index (χ2n) is 6.77. The van der Waals surface area contributed by atoms with Crippen molar-refractivity contribution in [3.8, 4) is 0 Å². The smallest absolute Gasteiger partial charge is 0.257 e. The molecule has 1 aliphatic heterocycles. The van der Waals surface area contributed by atoms with Gasteiger partial charge in [0.2, 0.25) is 0 Å². The quantitative estimate of drug-likeness (QED) is 0.866. The Bertz CT molecular complexity index is 740. The lowest BCUT2D eigenvalue weighted by Gasteiger charge is -2.35. The molecule has 1 unspecified atom stereocenters. The molecule has 0 bridgehead atoms. The summed E-state index contributed by atoms with van der Waals surface area (Å²) in [5.74, 6) is 0.829. The number of nitrogens with zero attached hydrogens (tertiary/aromatic N) is 4. The number of aromatic nitrogens is 3. The Hall–Kier alpha value is -2.24. The Morgan fingerprint density at radius 2 is 2.04 bits per heavy atom. The second kappa shape index (κ2) is 6.34. The summed E-state index contributed by atoms with van der Waals surface area (Å²) < 4.78 is 16.1. The molecule has 1 aliphatic carbocycles. The highest BCUT2D eigenvalue weighted by Gasteiger charge is 2.34. The molecule has 2 fully saturated rings. The topological polar surface area (TPSA) is 51.0 Å². The summed E-state index contributed by atoms with van der Waals surface area (Å²) in [4.78, 5) is 14.7. The Labute approximate surface area is 140 Å². The average Bonchev–Trinajstić information content (AvgIpc) is 3.30. The van der Waals surface area contributed by atoms with Gasteiger partial charge in [-0.05, 0) is 50.2 Å². The number of carbonyl (C=O) groups is 1. The fraction of sp³-hybridized carbons (Fsp3) is 0.500. The van der Waals surface area contributed by atoms with Crippen LogP contribution in [0.4, 0.5) is 4.39 Å². The van der Waals surface area contributed by atoms with Crippen LogP contribution < -0.4 is 0 Å². The Morgan fingerprint density at radius 1 is 1.21 bits per heavy atom.